The van der Waals surface area contributed by atoms with E-state index in [4.69, 9.17) is 4.42 Å². The van der Waals surface area contributed by atoms with E-state index in [1.807, 2.05) is 12.1 Å². The predicted octanol–water partition coefficient (Wildman–Crippen LogP) is 18.0. The highest BCUT2D eigenvalue weighted by Gasteiger charge is 2.19. The van der Waals surface area contributed by atoms with Crippen molar-refractivity contribution in [3.63, 3.8) is 0 Å². The first-order valence-electron chi connectivity index (χ1n) is 22.9. The predicted molar refractivity (Wildman–Crippen MR) is 282 cm³/mol. The second kappa shape index (κ2) is 16.0. The maximum absolute atomic E-state index is 6.40. The quantitative estimate of drug-likeness (QED) is 0.152. The van der Waals surface area contributed by atoms with E-state index in [2.05, 4.69) is 252 Å². The minimum Gasteiger partial charge on any atom is -0.456 e. The van der Waals surface area contributed by atoms with E-state index < -0.39 is 0 Å². The number of hydrogen-bond acceptors (Lipinski definition) is 2. The Kier molecular flexibility index (Phi) is 9.17. The van der Waals surface area contributed by atoms with E-state index >= 15 is 0 Å². The van der Waals surface area contributed by atoms with E-state index in [1.54, 1.807) is 0 Å². The molecular formula is C64H42N2O. The Hall–Kier alpha value is -8.92. The monoisotopic (exact) mass is 854 g/mol. The highest BCUT2D eigenvalue weighted by atomic mass is 16.3. The van der Waals surface area contributed by atoms with Crippen LogP contribution in [0.2, 0.25) is 0 Å². The van der Waals surface area contributed by atoms with Gasteiger partial charge >= 0.3 is 0 Å². The van der Waals surface area contributed by atoms with Crippen molar-refractivity contribution < 1.29 is 4.42 Å². The number of aromatic nitrogens is 1. The first-order chi connectivity index (χ1) is 33.2. The van der Waals surface area contributed by atoms with E-state index in [9.17, 15) is 0 Å². The van der Waals surface area contributed by atoms with Gasteiger partial charge in [0.1, 0.15) is 11.2 Å². The third kappa shape index (κ3) is 6.67. The minimum atomic E-state index is 0.880. The van der Waals surface area contributed by atoms with Gasteiger partial charge in [0.25, 0.3) is 0 Å². The van der Waals surface area contributed by atoms with Gasteiger partial charge in [-0.3, -0.25) is 0 Å². The average Bonchev–Trinajstić information content (AvgIpc) is 3.95. The molecule has 0 fully saturated rings. The summed E-state index contributed by atoms with van der Waals surface area (Å²) in [7, 11) is 0. The number of hydrogen-bond donors (Lipinski definition) is 0. The molecule has 11 aromatic carbocycles. The van der Waals surface area contributed by atoms with Crippen molar-refractivity contribution in [3.05, 3.63) is 255 Å². The van der Waals surface area contributed by atoms with Crippen molar-refractivity contribution in [3.8, 4) is 50.2 Å². The summed E-state index contributed by atoms with van der Waals surface area (Å²) in [5, 5.41) is 7.27. The zero-order valence-corrected chi connectivity index (χ0v) is 36.6. The number of fused-ring (bicyclic) bond motifs is 7. The Balaban J connectivity index is 0.868. The molecule has 3 nitrogen and oxygen atoms in total. The number of anilines is 3. The fourth-order valence-electron chi connectivity index (χ4n) is 10.2. The van der Waals surface area contributed by atoms with E-state index in [0.29, 0.717) is 0 Å². The van der Waals surface area contributed by atoms with E-state index in [-0.39, 0.29) is 0 Å². The SMILES string of the molecule is c1cc(-c2ccc(N(c3ccc(-c4cccc5ccccc45)cc3)c3ccccc3-c3ccc4c(c3)oc3ccccc34)cc2)cc(-c2ccc(-n3c4ccccc4c4ccccc43)cc2)c1. The fraction of sp³-hybridized carbons (Fsp3) is 0. The molecule has 0 unspecified atom stereocenters. The Bertz CT molecular complexity index is 3910. The number of rotatable bonds is 8. The number of furan rings is 1. The van der Waals surface area contributed by atoms with Crippen molar-refractivity contribution in [1.29, 1.82) is 0 Å². The molecule has 2 heterocycles. The summed E-state index contributed by atoms with van der Waals surface area (Å²) in [5.41, 5.74) is 17.9. The second-order valence-electron chi connectivity index (χ2n) is 17.3. The molecule has 0 saturated carbocycles. The molecule has 0 atom stereocenters. The summed E-state index contributed by atoms with van der Waals surface area (Å²) in [6, 6.07) is 91.9. The molecule has 0 aliphatic rings. The largest absolute Gasteiger partial charge is 0.456 e. The lowest BCUT2D eigenvalue weighted by molar-refractivity contribution is 0.669. The van der Waals surface area contributed by atoms with Gasteiger partial charge < -0.3 is 13.9 Å². The van der Waals surface area contributed by atoms with Gasteiger partial charge in [0.05, 0.1) is 16.7 Å². The molecule has 0 radical (unpaired) electrons. The zero-order valence-electron chi connectivity index (χ0n) is 36.6. The third-order valence-electron chi connectivity index (χ3n) is 13.4. The van der Waals surface area contributed by atoms with Gasteiger partial charge in [0.2, 0.25) is 0 Å². The molecule has 3 heteroatoms. The van der Waals surface area contributed by atoms with Crippen molar-refractivity contribution in [2.45, 2.75) is 0 Å². The molecular weight excluding hydrogens is 813 g/mol. The minimum absolute atomic E-state index is 0.880. The summed E-state index contributed by atoms with van der Waals surface area (Å²) in [6.45, 7) is 0. The lowest BCUT2D eigenvalue weighted by Crippen LogP contribution is -2.11. The highest BCUT2D eigenvalue weighted by Crippen LogP contribution is 2.44. The maximum Gasteiger partial charge on any atom is 0.136 e. The maximum atomic E-state index is 6.40. The summed E-state index contributed by atoms with van der Waals surface area (Å²) in [4.78, 5) is 2.38. The lowest BCUT2D eigenvalue weighted by atomic mass is 9.97. The van der Waals surface area contributed by atoms with Gasteiger partial charge in [0.15, 0.2) is 0 Å². The van der Waals surface area contributed by atoms with Crippen LogP contribution in [-0.2, 0) is 0 Å². The second-order valence-corrected chi connectivity index (χ2v) is 17.3. The van der Waals surface area contributed by atoms with Gasteiger partial charge in [-0.1, -0.05) is 176 Å². The molecule has 0 aliphatic heterocycles. The molecule has 0 spiro atoms. The summed E-state index contributed by atoms with van der Waals surface area (Å²) >= 11 is 0. The van der Waals surface area contributed by atoms with Crippen molar-refractivity contribution in [2.75, 3.05) is 4.90 Å². The first-order valence-corrected chi connectivity index (χ1v) is 22.9. The molecule has 0 N–H and O–H groups in total. The Morgan fingerprint density at radius 3 is 1.52 bits per heavy atom. The highest BCUT2D eigenvalue weighted by molar-refractivity contribution is 6.09. The van der Waals surface area contributed by atoms with Crippen molar-refractivity contribution in [2.24, 2.45) is 0 Å². The molecule has 0 amide bonds. The van der Waals surface area contributed by atoms with Crippen LogP contribution >= 0.6 is 0 Å². The molecule has 314 valence electrons. The van der Waals surface area contributed by atoms with E-state index in [1.165, 1.54) is 60.4 Å². The summed E-state index contributed by atoms with van der Waals surface area (Å²) in [6.07, 6.45) is 0. The van der Waals surface area contributed by atoms with Crippen LogP contribution < -0.4 is 4.90 Å². The molecule has 0 saturated heterocycles. The van der Waals surface area contributed by atoms with Crippen LogP contribution in [0.1, 0.15) is 0 Å². The number of nitrogens with zero attached hydrogens (tertiary/aromatic N) is 2. The van der Waals surface area contributed by atoms with Crippen molar-refractivity contribution >= 4 is 71.6 Å². The summed E-state index contributed by atoms with van der Waals surface area (Å²) in [5.74, 6) is 0. The Morgan fingerprint density at radius 1 is 0.299 bits per heavy atom. The van der Waals surface area contributed by atoms with Gasteiger partial charge in [-0.25, -0.2) is 0 Å². The van der Waals surface area contributed by atoms with Crippen LogP contribution in [0.3, 0.4) is 0 Å². The van der Waals surface area contributed by atoms with Gasteiger partial charge in [-0.05, 0) is 129 Å². The summed E-state index contributed by atoms with van der Waals surface area (Å²) < 4.78 is 8.76. The number of para-hydroxylation sites is 4. The molecule has 2 aromatic heterocycles. The van der Waals surface area contributed by atoms with Crippen molar-refractivity contribution in [1.82, 2.24) is 4.57 Å². The average molecular weight is 855 g/mol. The molecule has 0 aliphatic carbocycles. The van der Waals surface area contributed by atoms with Crippen LogP contribution in [0, 0.1) is 0 Å². The topological polar surface area (TPSA) is 21.3 Å². The van der Waals surface area contributed by atoms with Crippen LogP contribution in [0.15, 0.2) is 259 Å². The molecule has 13 rings (SSSR count). The Labute approximate surface area is 388 Å². The van der Waals surface area contributed by atoms with Crippen LogP contribution in [0.5, 0.6) is 0 Å². The molecule has 0 bridgehead atoms. The smallest absolute Gasteiger partial charge is 0.136 e. The van der Waals surface area contributed by atoms with Gasteiger partial charge in [0, 0.05) is 44.2 Å². The molecule has 67 heavy (non-hydrogen) atoms. The number of benzene rings is 11. The van der Waals surface area contributed by atoms with Gasteiger partial charge in [-0.2, -0.15) is 0 Å². The molecule has 13 aromatic rings. The first kappa shape index (κ1) is 38.5. The Morgan fingerprint density at radius 2 is 0.806 bits per heavy atom. The van der Waals surface area contributed by atoms with Crippen LogP contribution in [-0.4, -0.2) is 4.57 Å². The normalized spacial score (nSPS) is 11.6. The van der Waals surface area contributed by atoms with E-state index in [0.717, 1.165) is 61.4 Å². The lowest BCUT2D eigenvalue weighted by Gasteiger charge is -2.28. The fourth-order valence-corrected chi connectivity index (χ4v) is 10.2. The van der Waals surface area contributed by atoms with Gasteiger partial charge in [-0.15, -0.1) is 0 Å². The standard InChI is InChI=1S/C64H42N2O/c1-2-17-53-45(13-1)14-12-22-54(53)46-31-38-51(39-32-46)65(60-23-7-3-18-55(60)49-33-40-59-58-21-6-10-26-63(58)67-64(59)42-49)50-34-27-43(28-35-50)47-15-11-16-48(41-47)44-29-36-52(37-30-44)66-61-24-8-4-19-56(61)57-20-5-9-25-62(57)66/h1-42H. The third-order valence-corrected chi connectivity index (χ3v) is 13.4. The van der Waals surface area contributed by atoms with Crippen LogP contribution in [0.4, 0.5) is 17.1 Å². The van der Waals surface area contributed by atoms with Crippen LogP contribution in [0.25, 0.3) is 105 Å². The zero-order chi connectivity index (χ0) is 44.3.